The number of hydrogen-bond acceptors (Lipinski definition) is 4. The molecule has 148 valence electrons. The van der Waals surface area contributed by atoms with Crippen molar-refractivity contribution in [1.29, 1.82) is 0 Å². The van der Waals surface area contributed by atoms with Gasteiger partial charge < -0.3 is 10.6 Å². The number of nitrogens with zero attached hydrogens (tertiary/aromatic N) is 2. The van der Waals surface area contributed by atoms with Crippen LogP contribution < -0.4 is 10.6 Å². The molecule has 0 amide bonds. The second-order valence-corrected chi connectivity index (χ2v) is 10.7. The molecule has 6 nitrogen and oxygen atoms in total. The first kappa shape index (κ1) is 23.3. The highest BCUT2D eigenvalue weighted by molar-refractivity contribution is 14.0. The lowest BCUT2D eigenvalue weighted by atomic mass is 9.98. The van der Waals surface area contributed by atoms with E-state index in [1.165, 1.54) is 24.9 Å². The zero-order chi connectivity index (χ0) is 17.6. The van der Waals surface area contributed by atoms with Crippen LogP contribution in [0, 0.1) is 5.92 Å². The average Bonchev–Trinajstić information content (AvgIpc) is 2.97. The predicted molar refractivity (Wildman–Crippen MR) is 119 cm³/mol. The van der Waals surface area contributed by atoms with Gasteiger partial charge in [0.2, 0.25) is 10.0 Å². The maximum atomic E-state index is 11.6. The Morgan fingerprint density at radius 3 is 2.52 bits per heavy atom. The first-order valence-electron chi connectivity index (χ1n) is 8.94. The number of rotatable bonds is 6. The van der Waals surface area contributed by atoms with E-state index in [1.54, 1.807) is 4.31 Å². The van der Waals surface area contributed by atoms with Gasteiger partial charge in [0.1, 0.15) is 0 Å². The third-order valence-corrected chi connectivity index (χ3v) is 7.64. The fourth-order valence-corrected chi connectivity index (χ4v) is 5.34. The maximum Gasteiger partial charge on any atom is 0.211 e. The number of halogens is 1. The van der Waals surface area contributed by atoms with E-state index >= 15 is 0 Å². The number of piperidine rings is 1. The van der Waals surface area contributed by atoms with E-state index in [2.05, 4.69) is 24.5 Å². The van der Waals surface area contributed by atoms with Crippen LogP contribution in [0.1, 0.15) is 39.5 Å². The number of sulfonamides is 1. The van der Waals surface area contributed by atoms with Crippen molar-refractivity contribution in [3.05, 3.63) is 0 Å². The quantitative estimate of drug-likeness (QED) is 0.330. The van der Waals surface area contributed by atoms with E-state index in [9.17, 15) is 8.42 Å². The van der Waals surface area contributed by atoms with Crippen LogP contribution in [0.2, 0.25) is 0 Å². The molecular formula is C16H33IN4O2S2. The smallest absolute Gasteiger partial charge is 0.211 e. The number of thioether (sulfide) groups is 1. The van der Waals surface area contributed by atoms with Crippen LogP contribution in [0.15, 0.2) is 4.99 Å². The van der Waals surface area contributed by atoms with E-state index in [0.717, 1.165) is 38.4 Å². The molecule has 0 bridgehead atoms. The van der Waals surface area contributed by atoms with E-state index < -0.39 is 10.0 Å². The van der Waals surface area contributed by atoms with Gasteiger partial charge in [0.05, 0.1) is 12.8 Å². The number of aliphatic imine (C=N–C) groups is 1. The lowest BCUT2D eigenvalue weighted by molar-refractivity contribution is 0.275. The standard InChI is InChI=1S/C16H32N4O2S2.HI/c1-4-17-15(19-13-16(2)8-5-11-23-16)18-12-14-6-9-20(10-7-14)24(3,21)22;/h14H,4-13H2,1-3H3,(H2,17,18,19);1H. The van der Waals surface area contributed by atoms with Crippen LogP contribution in [0.4, 0.5) is 0 Å². The van der Waals surface area contributed by atoms with Gasteiger partial charge in [0.25, 0.3) is 0 Å². The first-order chi connectivity index (χ1) is 11.3. The molecule has 0 aromatic heterocycles. The lowest BCUT2D eigenvalue weighted by Crippen LogP contribution is -2.44. The molecule has 25 heavy (non-hydrogen) atoms. The van der Waals surface area contributed by atoms with Crippen molar-refractivity contribution in [3.8, 4) is 0 Å². The summed E-state index contributed by atoms with van der Waals surface area (Å²) in [5, 5.41) is 6.77. The minimum atomic E-state index is -3.04. The number of guanidine groups is 1. The molecule has 9 heteroatoms. The zero-order valence-corrected chi connectivity index (χ0v) is 19.5. The molecule has 2 N–H and O–H groups in total. The Morgan fingerprint density at radius 2 is 2.00 bits per heavy atom. The molecule has 2 aliphatic rings. The normalized spacial score (nSPS) is 26.3. The van der Waals surface area contributed by atoms with Gasteiger partial charge in [-0.15, -0.1) is 24.0 Å². The molecule has 2 saturated heterocycles. The average molecular weight is 505 g/mol. The molecular weight excluding hydrogens is 471 g/mol. The Balaban J connectivity index is 0.00000312. The Bertz CT molecular complexity index is 528. The minimum absolute atomic E-state index is 0. The molecule has 1 atom stereocenters. The summed E-state index contributed by atoms with van der Waals surface area (Å²) in [6.45, 7) is 8.20. The van der Waals surface area contributed by atoms with Crippen molar-refractivity contribution in [2.45, 2.75) is 44.3 Å². The van der Waals surface area contributed by atoms with Crippen molar-refractivity contribution in [3.63, 3.8) is 0 Å². The molecule has 0 saturated carbocycles. The van der Waals surface area contributed by atoms with Gasteiger partial charge in [-0.3, -0.25) is 4.99 Å². The van der Waals surface area contributed by atoms with Gasteiger partial charge in [-0.1, -0.05) is 0 Å². The highest BCUT2D eigenvalue weighted by Gasteiger charge is 2.29. The fraction of sp³-hybridized carbons (Fsp3) is 0.938. The summed E-state index contributed by atoms with van der Waals surface area (Å²) in [6.07, 6.45) is 5.65. The highest BCUT2D eigenvalue weighted by Crippen LogP contribution is 2.37. The van der Waals surface area contributed by atoms with Crippen LogP contribution >= 0.6 is 35.7 Å². The van der Waals surface area contributed by atoms with E-state index in [-0.39, 0.29) is 28.7 Å². The van der Waals surface area contributed by atoms with Gasteiger partial charge >= 0.3 is 0 Å². The molecule has 0 spiro atoms. The third kappa shape index (κ3) is 7.80. The second-order valence-electron chi connectivity index (χ2n) is 7.08. The number of hydrogen-bond donors (Lipinski definition) is 2. The summed E-state index contributed by atoms with van der Waals surface area (Å²) in [6, 6.07) is 0. The molecule has 2 rings (SSSR count). The topological polar surface area (TPSA) is 73.8 Å². The molecule has 1 unspecified atom stereocenters. The zero-order valence-electron chi connectivity index (χ0n) is 15.6. The predicted octanol–water partition coefficient (Wildman–Crippen LogP) is 2.12. The molecule has 0 radical (unpaired) electrons. The second kappa shape index (κ2) is 10.6. The summed E-state index contributed by atoms with van der Waals surface area (Å²) in [5.74, 6) is 2.63. The molecule has 0 aromatic rings. The summed E-state index contributed by atoms with van der Waals surface area (Å²) in [4.78, 5) is 4.77. The maximum absolute atomic E-state index is 11.6. The number of nitrogens with one attached hydrogen (secondary N) is 2. The van der Waals surface area contributed by atoms with Gasteiger partial charge in [-0.2, -0.15) is 11.8 Å². The Hall–Kier alpha value is 0.260. The summed E-state index contributed by atoms with van der Waals surface area (Å²) in [7, 11) is -3.04. The van der Waals surface area contributed by atoms with Crippen molar-refractivity contribution < 1.29 is 8.42 Å². The van der Waals surface area contributed by atoms with Crippen molar-refractivity contribution >= 4 is 51.7 Å². The summed E-state index contributed by atoms with van der Waals surface area (Å²) in [5.41, 5.74) is 0. The van der Waals surface area contributed by atoms with Crippen LogP contribution in [0.5, 0.6) is 0 Å². The largest absolute Gasteiger partial charge is 0.357 e. The molecule has 0 aliphatic carbocycles. The van der Waals surface area contributed by atoms with E-state index in [0.29, 0.717) is 19.0 Å². The Kier molecular flexibility index (Phi) is 9.84. The first-order valence-corrected chi connectivity index (χ1v) is 11.8. The van der Waals surface area contributed by atoms with Crippen LogP contribution in [-0.4, -0.2) is 68.2 Å². The highest BCUT2D eigenvalue weighted by atomic mass is 127. The Morgan fingerprint density at radius 1 is 1.32 bits per heavy atom. The summed E-state index contributed by atoms with van der Waals surface area (Å²) < 4.78 is 25.0. The summed E-state index contributed by atoms with van der Waals surface area (Å²) >= 11 is 2.03. The van der Waals surface area contributed by atoms with Gasteiger partial charge in [-0.05, 0) is 51.2 Å². The Labute approximate surface area is 174 Å². The molecule has 2 aliphatic heterocycles. The molecule has 0 aromatic carbocycles. The van der Waals surface area contributed by atoms with Gasteiger partial charge in [-0.25, -0.2) is 12.7 Å². The van der Waals surface area contributed by atoms with Crippen LogP contribution in [0.25, 0.3) is 0 Å². The fourth-order valence-electron chi connectivity index (χ4n) is 3.24. The lowest BCUT2D eigenvalue weighted by Gasteiger charge is -2.30. The minimum Gasteiger partial charge on any atom is -0.357 e. The van der Waals surface area contributed by atoms with E-state index in [1.807, 2.05) is 11.8 Å². The molecule has 2 fully saturated rings. The van der Waals surface area contributed by atoms with Crippen molar-refractivity contribution in [1.82, 2.24) is 14.9 Å². The van der Waals surface area contributed by atoms with Crippen LogP contribution in [0.3, 0.4) is 0 Å². The monoisotopic (exact) mass is 504 g/mol. The van der Waals surface area contributed by atoms with Gasteiger partial charge in [0.15, 0.2) is 5.96 Å². The third-order valence-electron chi connectivity index (χ3n) is 4.82. The van der Waals surface area contributed by atoms with Crippen molar-refractivity contribution in [2.75, 3.05) is 44.7 Å². The van der Waals surface area contributed by atoms with Crippen molar-refractivity contribution in [2.24, 2.45) is 10.9 Å². The van der Waals surface area contributed by atoms with Crippen LogP contribution in [-0.2, 0) is 10.0 Å². The SMILES string of the molecule is CCNC(=NCC1(C)CCCS1)NCC1CCN(S(C)(=O)=O)CC1.I. The van der Waals surface area contributed by atoms with E-state index in [4.69, 9.17) is 4.99 Å². The van der Waals surface area contributed by atoms with Gasteiger partial charge in [0, 0.05) is 30.9 Å². The molecule has 2 heterocycles.